The number of aromatic nitrogens is 3. The number of amides is 1. The molecule has 0 atom stereocenters. The first-order valence-corrected chi connectivity index (χ1v) is 7.34. The average molecular weight is 363 g/mol. The lowest BCUT2D eigenvalue weighted by Crippen LogP contribution is -2.14. The van der Waals surface area contributed by atoms with Crippen molar-refractivity contribution in [1.82, 2.24) is 15.4 Å². The fraction of sp³-hybridized carbons (Fsp3) is 0.125. The van der Waals surface area contributed by atoms with Crippen LogP contribution in [0.25, 0.3) is 0 Å². The number of anilines is 3. The van der Waals surface area contributed by atoms with Crippen LogP contribution in [-0.4, -0.2) is 21.3 Å². The topological polar surface area (TPSA) is 92.9 Å². The van der Waals surface area contributed by atoms with Crippen molar-refractivity contribution in [3.63, 3.8) is 0 Å². The summed E-state index contributed by atoms with van der Waals surface area (Å²) in [7, 11) is 0. The Morgan fingerprint density at radius 3 is 2.50 bits per heavy atom. The molecule has 0 bridgehead atoms. The maximum Gasteiger partial charge on any atom is 0.416 e. The van der Waals surface area contributed by atoms with Gasteiger partial charge in [0.15, 0.2) is 17.3 Å². The Hall–Kier alpha value is -3.43. The lowest BCUT2D eigenvalue weighted by molar-refractivity contribution is -0.137. The van der Waals surface area contributed by atoms with Crippen molar-refractivity contribution in [2.24, 2.45) is 0 Å². The molecule has 0 aliphatic carbocycles. The first-order valence-electron chi connectivity index (χ1n) is 7.34. The van der Waals surface area contributed by atoms with Gasteiger partial charge in [0, 0.05) is 11.8 Å². The molecule has 10 heteroatoms. The predicted octanol–water partition coefficient (Wildman–Crippen LogP) is 3.79. The molecule has 1 amide bonds. The number of hydrogen-bond acceptors (Lipinski definition) is 6. The Bertz CT molecular complexity index is 922. The summed E-state index contributed by atoms with van der Waals surface area (Å²) in [5, 5.41) is 16.3. The standard InChI is InChI=1S/C16H12F3N5O2/c1-9-7-14(24-26-9)21-15(25)12-5-6-13(23-22-12)20-11-4-2-3-10(8-11)16(17,18)19/h2-8H,1H3,(H,20,23)(H,21,24,25). The molecule has 3 aromatic rings. The Kier molecular flexibility index (Phi) is 4.57. The van der Waals surface area contributed by atoms with Crippen LogP contribution >= 0.6 is 0 Å². The van der Waals surface area contributed by atoms with Crippen molar-refractivity contribution in [1.29, 1.82) is 0 Å². The second kappa shape index (κ2) is 6.82. The van der Waals surface area contributed by atoms with E-state index in [2.05, 4.69) is 26.0 Å². The summed E-state index contributed by atoms with van der Waals surface area (Å²) in [4.78, 5) is 12.0. The number of nitrogens with one attached hydrogen (secondary N) is 2. The number of carbonyl (C=O) groups excluding carboxylic acids is 1. The third-order valence-corrected chi connectivity index (χ3v) is 3.23. The number of rotatable bonds is 4. The second-order valence-corrected chi connectivity index (χ2v) is 5.28. The molecular formula is C16H12F3N5O2. The van der Waals surface area contributed by atoms with E-state index in [-0.39, 0.29) is 23.0 Å². The molecule has 0 aliphatic heterocycles. The van der Waals surface area contributed by atoms with Gasteiger partial charge in [-0.05, 0) is 37.3 Å². The van der Waals surface area contributed by atoms with E-state index in [4.69, 9.17) is 4.52 Å². The van der Waals surface area contributed by atoms with E-state index in [9.17, 15) is 18.0 Å². The van der Waals surface area contributed by atoms with Crippen LogP contribution in [0.3, 0.4) is 0 Å². The molecule has 0 unspecified atom stereocenters. The number of nitrogens with zero attached hydrogens (tertiary/aromatic N) is 3. The van der Waals surface area contributed by atoms with Gasteiger partial charge < -0.3 is 15.2 Å². The van der Waals surface area contributed by atoms with Gasteiger partial charge in [0.25, 0.3) is 5.91 Å². The van der Waals surface area contributed by atoms with Crippen LogP contribution in [0.1, 0.15) is 21.8 Å². The Morgan fingerprint density at radius 1 is 1.08 bits per heavy atom. The van der Waals surface area contributed by atoms with Crippen molar-refractivity contribution < 1.29 is 22.5 Å². The predicted molar refractivity (Wildman–Crippen MR) is 86.0 cm³/mol. The van der Waals surface area contributed by atoms with Gasteiger partial charge in [-0.2, -0.15) is 13.2 Å². The highest BCUT2D eigenvalue weighted by molar-refractivity contribution is 6.02. The molecule has 134 valence electrons. The summed E-state index contributed by atoms with van der Waals surface area (Å²) in [6.07, 6.45) is -4.44. The summed E-state index contributed by atoms with van der Waals surface area (Å²) in [6, 6.07) is 9.01. The minimum absolute atomic E-state index is 0.0141. The number of benzene rings is 1. The molecule has 0 radical (unpaired) electrons. The van der Waals surface area contributed by atoms with Gasteiger partial charge in [0.2, 0.25) is 0 Å². The number of aryl methyl sites for hydroxylation is 1. The maximum absolute atomic E-state index is 12.7. The zero-order chi connectivity index (χ0) is 18.7. The molecule has 0 aliphatic rings. The van der Waals surface area contributed by atoms with E-state index < -0.39 is 17.6 Å². The number of halogens is 3. The SMILES string of the molecule is Cc1cc(NC(=O)c2ccc(Nc3cccc(C(F)(F)F)c3)nn2)no1. The zero-order valence-corrected chi connectivity index (χ0v) is 13.3. The van der Waals surface area contributed by atoms with Gasteiger partial charge in [-0.1, -0.05) is 11.2 Å². The van der Waals surface area contributed by atoms with E-state index in [1.807, 2.05) is 0 Å². The quantitative estimate of drug-likeness (QED) is 0.733. The molecule has 26 heavy (non-hydrogen) atoms. The number of carbonyl (C=O) groups is 1. The van der Waals surface area contributed by atoms with E-state index in [0.717, 1.165) is 12.1 Å². The molecule has 0 saturated heterocycles. The smallest absolute Gasteiger partial charge is 0.360 e. The lowest BCUT2D eigenvalue weighted by Gasteiger charge is -2.10. The largest absolute Gasteiger partial charge is 0.416 e. The van der Waals surface area contributed by atoms with E-state index in [1.54, 1.807) is 6.92 Å². The normalized spacial score (nSPS) is 11.2. The lowest BCUT2D eigenvalue weighted by atomic mass is 10.2. The summed E-state index contributed by atoms with van der Waals surface area (Å²) in [6.45, 7) is 1.68. The number of alkyl halides is 3. The zero-order valence-electron chi connectivity index (χ0n) is 13.3. The molecule has 2 N–H and O–H groups in total. The third kappa shape index (κ3) is 4.15. The van der Waals surface area contributed by atoms with Crippen LogP contribution in [0.4, 0.5) is 30.5 Å². The maximum atomic E-state index is 12.7. The molecule has 2 aromatic heterocycles. The van der Waals surface area contributed by atoms with E-state index in [0.29, 0.717) is 5.76 Å². The molecule has 1 aromatic carbocycles. The van der Waals surface area contributed by atoms with Crippen LogP contribution in [0, 0.1) is 6.92 Å². The highest BCUT2D eigenvalue weighted by Crippen LogP contribution is 2.31. The molecule has 0 spiro atoms. The van der Waals surface area contributed by atoms with Crippen molar-refractivity contribution in [3.8, 4) is 0 Å². The van der Waals surface area contributed by atoms with E-state index >= 15 is 0 Å². The molecule has 3 rings (SSSR count). The van der Waals surface area contributed by atoms with Crippen LogP contribution in [0.2, 0.25) is 0 Å². The van der Waals surface area contributed by atoms with Gasteiger partial charge in [0.1, 0.15) is 5.76 Å². The molecular weight excluding hydrogens is 351 g/mol. The van der Waals surface area contributed by atoms with Crippen molar-refractivity contribution in [2.75, 3.05) is 10.6 Å². The van der Waals surface area contributed by atoms with Gasteiger partial charge in [-0.15, -0.1) is 10.2 Å². The molecule has 7 nitrogen and oxygen atoms in total. The average Bonchev–Trinajstić information content (AvgIpc) is 3.00. The van der Waals surface area contributed by atoms with Crippen LogP contribution in [0.5, 0.6) is 0 Å². The second-order valence-electron chi connectivity index (χ2n) is 5.28. The minimum Gasteiger partial charge on any atom is -0.360 e. The highest BCUT2D eigenvalue weighted by atomic mass is 19.4. The van der Waals surface area contributed by atoms with Gasteiger partial charge in [-0.3, -0.25) is 4.79 Å². The van der Waals surface area contributed by atoms with E-state index in [1.165, 1.54) is 30.3 Å². The van der Waals surface area contributed by atoms with Crippen LogP contribution < -0.4 is 10.6 Å². The minimum atomic E-state index is -4.44. The summed E-state index contributed by atoms with van der Waals surface area (Å²) in [5.41, 5.74) is -0.570. The third-order valence-electron chi connectivity index (χ3n) is 3.23. The Balaban J connectivity index is 1.69. The van der Waals surface area contributed by atoms with Crippen LogP contribution in [-0.2, 0) is 6.18 Å². The molecule has 2 heterocycles. The van der Waals surface area contributed by atoms with Gasteiger partial charge in [0.05, 0.1) is 5.56 Å². The highest BCUT2D eigenvalue weighted by Gasteiger charge is 2.30. The molecule has 0 fully saturated rings. The van der Waals surface area contributed by atoms with Crippen LogP contribution in [0.15, 0.2) is 47.0 Å². The first kappa shape index (κ1) is 17.4. The fourth-order valence-electron chi connectivity index (χ4n) is 2.05. The monoisotopic (exact) mass is 363 g/mol. The van der Waals surface area contributed by atoms with Crippen molar-refractivity contribution >= 4 is 23.2 Å². The van der Waals surface area contributed by atoms with Crippen molar-refractivity contribution in [3.05, 3.63) is 59.5 Å². The molecule has 0 saturated carbocycles. The summed E-state index contributed by atoms with van der Waals surface area (Å²) < 4.78 is 43.0. The van der Waals surface area contributed by atoms with Crippen molar-refractivity contribution in [2.45, 2.75) is 13.1 Å². The Labute approximate surface area is 145 Å². The Morgan fingerprint density at radius 2 is 1.88 bits per heavy atom. The first-order chi connectivity index (χ1) is 12.3. The van der Waals surface area contributed by atoms with Gasteiger partial charge in [-0.25, -0.2) is 0 Å². The summed E-state index contributed by atoms with van der Waals surface area (Å²) in [5.74, 6) is 0.419. The fourth-order valence-corrected chi connectivity index (χ4v) is 2.05. The summed E-state index contributed by atoms with van der Waals surface area (Å²) >= 11 is 0. The van der Waals surface area contributed by atoms with Gasteiger partial charge >= 0.3 is 6.18 Å². The number of hydrogen-bond donors (Lipinski definition) is 2.